The largest absolute Gasteiger partial charge is 0.480 e. The van der Waals surface area contributed by atoms with Gasteiger partial charge < -0.3 is 9.84 Å². The van der Waals surface area contributed by atoms with Crippen molar-refractivity contribution in [3.05, 3.63) is 29.8 Å². The van der Waals surface area contributed by atoms with Gasteiger partial charge in [-0.3, -0.25) is 10.1 Å². The molecule has 100 valence electrons. The van der Waals surface area contributed by atoms with Gasteiger partial charge in [-0.25, -0.2) is 0 Å². The molecule has 2 unspecified atom stereocenters. The molecule has 6 heteroatoms. The second-order valence-electron chi connectivity index (χ2n) is 3.90. The maximum atomic E-state index is 12.1. The third-order valence-corrected chi connectivity index (χ3v) is 2.45. The lowest BCUT2D eigenvalue weighted by Crippen LogP contribution is -2.35. The van der Waals surface area contributed by atoms with Crippen molar-refractivity contribution >= 4 is 5.97 Å². The lowest BCUT2D eigenvalue weighted by Gasteiger charge is -2.18. The van der Waals surface area contributed by atoms with Gasteiger partial charge in [-0.05, 0) is 31.5 Å². The van der Waals surface area contributed by atoms with Gasteiger partial charge in [-0.1, -0.05) is 12.1 Å². The molecule has 2 N–H and O–H groups in total. The average molecular weight is 259 g/mol. The zero-order valence-corrected chi connectivity index (χ0v) is 10.1. The number of carboxylic acid groups (broad SMARTS) is 1. The smallest absolute Gasteiger partial charge is 0.387 e. The monoisotopic (exact) mass is 259 g/mol. The van der Waals surface area contributed by atoms with E-state index in [0.29, 0.717) is 5.56 Å². The number of alkyl halides is 2. The molecule has 2 atom stereocenters. The van der Waals surface area contributed by atoms with Gasteiger partial charge in [-0.2, -0.15) is 8.78 Å². The van der Waals surface area contributed by atoms with E-state index >= 15 is 0 Å². The van der Waals surface area contributed by atoms with Gasteiger partial charge in [0.25, 0.3) is 0 Å². The van der Waals surface area contributed by atoms with Crippen LogP contribution in [0.4, 0.5) is 8.78 Å². The van der Waals surface area contributed by atoms with Gasteiger partial charge in [0.1, 0.15) is 11.8 Å². The van der Waals surface area contributed by atoms with Crippen molar-refractivity contribution in [2.75, 3.05) is 0 Å². The van der Waals surface area contributed by atoms with E-state index in [1.165, 1.54) is 19.1 Å². The first kappa shape index (κ1) is 14.4. The number of halogens is 2. The van der Waals surface area contributed by atoms with Gasteiger partial charge in [0.2, 0.25) is 0 Å². The topological polar surface area (TPSA) is 58.6 Å². The highest BCUT2D eigenvalue weighted by Gasteiger charge is 2.15. The van der Waals surface area contributed by atoms with Gasteiger partial charge in [-0.15, -0.1) is 0 Å². The minimum atomic E-state index is -2.87. The van der Waals surface area contributed by atoms with Crippen molar-refractivity contribution in [2.24, 2.45) is 0 Å². The summed E-state index contributed by atoms with van der Waals surface area (Å²) in [5.74, 6) is -0.916. The van der Waals surface area contributed by atoms with E-state index in [1.54, 1.807) is 19.1 Å². The van der Waals surface area contributed by atoms with E-state index in [0.717, 1.165) is 0 Å². The molecule has 0 fully saturated rings. The Kier molecular flexibility index (Phi) is 5.03. The van der Waals surface area contributed by atoms with Crippen molar-refractivity contribution < 1.29 is 23.4 Å². The van der Waals surface area contributed by atoms with Crippen LogP contribution in [0.15, 0.2) is 24.3 Å². The van der Waals surface area contributed by atoms with E-state index in [4.69, 9.17) is 5.11 Å². The number of hydrogen-bond acceptors (Lipinski definition) is 3. The van der Waals surface area contributed by atoms with Crippen molar-refractivity contribution in [3.63, 3.8) is 0 Å². The molecule has 0 aromatic heterocycles. The molecule has 1 aromatic carbocycles. The van der Waals surface area contributed by atoms with Crippen LogP contribution in [0, 0.1) is 0 Å². The van der Waals surface area contributed by atoms with Crippen LogP contribution in [0.1, 0.15) is 25.5 Å². The van der Waals surface area contributed by atoms with Crippen molar-refractivity contribution in [2.45, 2.75) is 32.5 Å². The first-order valence-corrected chi connectivity index (χ1v) is 5.43. The van der Waals surface area contributed by atoms with E-state index in [1.807, 2.05) is 0 Å². The predicted molar refractivity (Wildman–Crippen MR) is 61.7 cm³/mol. The van der Waals surface area contributed by atoms with Crippen LogP contribution in [0.5, 0.6) is 5.75 Å². The van der Waals surface area contributed by atoms with Crippen LogP contribution < -0.4 is 10.1 Å². The summed E-state index contributed by atoms with van der Waals surface area (Å²) in [4.78, 5) is 10.7. The van der Waals surface area contributed by atoms with E-state index in [-0.39, 0.29) is 11.8 Å². The Morgan fingerprint density at radius 1 is 1.39 bits per heavy atom. The number of carboxylic acids is 1. The van der Waals surface area contributed by atoms with Crippen molar-refractivity contribution in [1.82, 2.24) is 5.32 Å². The zero-order valence-electron chi connectivity index (χ0n) is 10.1. The molecular formula is C12H15F2NO3. The molecule has 0 amide bonds. The molecule has 18 heavy (non-hydrogen) atoms. The zero-order chi connectivity index (χ0) is 13.7. The molecule has 0 aliphatic rings. The number of hydrogen-bond donors (Lipinski definition) is 2. The fourth-order valence-corrected chi connectivity index (χ4v) is 1.50. The minimum absolute atomic E-state index is 0.0547. The number of benzene rings is 1. The summed E-state index contributed by atoms with van der Waals surface area (Å²) in [7, 11) is 0. The summed E-state index contributed by atoms with van der Waals surface area (Å²) in [6.07, 6.45) is 0. The van der Waals surface area contributed by atoms with Gasteiger partial charge >= 0.3 is 12.6 Å². The summed E-state index contributed by atoms with van der Waals surface area (Å²) >= 11 is 0. The molecule has 0 heterocycles. The molecule has 0 saturated carbocycles. The Bertz CT molecular complexity index is 412. The first-order chi connectivity index (χ1) is 8.40. The third-order valence-electron chi connectivity index (χ3n) is 2.45. The number of carbonyl (C=O) groups is 1. The molecule has 4 nitrogen and oxygen atoms in total. The van der Waals surface area contributed by atoms with Crippen LogP contribution in [0.3, 0.4) is 0 Å². The molecule has 0 aliphatic heterocycles. The summed E-state index contributed by atoms with van der Waals surface area (Å²) in [6, 6.07) is 5.17. The van der Waals surface area contributed by atoms with E-state index in [9.17, 15) is 13.6 Å². The first-order valence-electron chi connectivity index (χ1n) is 5.43. The molecule has 0 bridgehead atoms. The van der Waals surface area contributed by atoms with Crippen LogP contribution in [0.2, 0.25) is 0 Å². The molecule has 0 spiro atoms. The molecular weight excluding hydrogens is 244 g/mol. The van der Waals surface area contributed by atoms with Gasteiger partial charge in [0.05, 0.1) is 0 Å². The standard InChI is InChI=1S/C12H15F2NO3/c1-7(15-8(2)11(16)17)9-4-3-5-10(6-9)18-12(13)14/h3-8,12,15H,1-2H3,(H,16,17). The summed E-state index contributed by atoms with van der Waals surface area (Å²) < 4.78 is 28.4. The van der Waals surface area contributed by atoms with Crippen molar-refractivity contribution in [3.8, 4) is 5.75 Å². The molecule has 0 aliphatic carbocycles. The molecule has 1 rings (SSSR count). The van der Waals surface area contributed by atoms with Gasteiger partial charge in [0.15, 0.2) is 0 Å². The molecule has 0 radical (unpaired) electrons. The average Bonchev–Trinajstić information content (AvgIpc) is 2.28. The highest BCUT2D eigenvalue weighted by molar-refractivity contribution is 5.72. The highest BCUT2D eigenvalue weighted by atomic mass is 19.3. The number of ether oxygens (including phenoxy) is 1. The molecule has 0 saturated heterocycles. The number of aliphatic carboxylic acids is 1. The van der Waals surface area contributed by atoms with Crippen LogP contribution in [-0.2, 0) is 4.79 Å². The number of rotatable bonds is 6. The van der Waals surface area contributed by atoms with E-state index in [2.05, 4.69) is 10.1 Å². The Hall–Kier alpha value is -1.69. The van der Waals surface area contributed by atoms with Crippen LogP contribution in [-0.4, -0.2) is 23.7 Å². The third kappa shape index (κ3) is 4.29. The lowest BCUT2D eigenvalue weighted by molar-refractivity contribution is -0.139. The van der Waals surface area contributed by atoms with E-state index < -0.39 is 18.6 Å². The maximum absolute atomic E-state index is 12.1. The van der Waals surface area contributed by atoms with Crippen LogP contribution in [0.25, 0.3) is 0 Å². The SMILES string of the molecule is CC(NC(C)c1cccc(OC(F)F)c1)C(=O)O. The highest BCUT2D eigenvalue weighted by Crippen LogP contribution is 2.20. The Morgan fingerprint density at radius 3 is 2.61 bits per heavy atom. The Morgan fingerprint density at radius 2 is 2.06 bits per heavy atom. The Labute approximate surface area is 104 Å². The summed E-state index contributed by atoms with van der Waals surface area (Å²) in [5.41, 5.74) is 0.682. The Balaban J connectivity index is 2.73. The van der Waals surface area contributed by atoms with Gasteiger partial charge in [0, 0.05) is 6.04 Å². The van der Waals surface area contributed by atoms with Crippen LogP contribution >= 0.6 is 0 Å². The second-order valence-corrected chi connectivity index (χ2v) is 3.90. The predicted octanol–water partition coefficient (Wildman–Crippen LogP) is 2.41. The maximum Gasteiger partial charge on any atom is 0.387 e. The lowest BCUT2D eigenvalue weighted by atomic mass is 10.1. The fraction of sp³-hybridized carbons (Fsp3) is 0.417. The fourth-order valence-electron chi connectivity index (χ4n) is 1.50. The second kappa shape index (κ2) is 6.30. The summed E-state index contributed by atoms with van der Waals surface area (Å²) in [6.45, 7) is 0.390. The minimum Gasteiger partial charge on any atom is -0.480 e. The van der Waals surface area contributed by atoms with Crippen molar-refractivity contribution in [1.29, 1.82) is 0 Å². The quantitative estimate of drug-likeness (QED) is 0.823. The normalized spacial score (nSPS) is 14.3. The number of nitrogens with one attached hydrogen (secondary N) is 1. The molecule has 1 aromatic rings. The summed E-state index contributed by atoms with van der Waals surface area (Å²) in [5, 5.41) is 11.6.